The lowest BCUT2D eigenvalue weighted by molar-refractivity contribution is 0.229. The predicted molar refractivity (Wildman–Crippen MR) is 85.1 cm³/mol. The first-order chi connectivity index (χ1) is 10.2. The molecule has 0 bridgehead atoms. The van der Waals surface area contributed by atoms with Crippen molar-refractivity contribution in [1.29, 1.82) is 0 Å². The molecule has 0 aliphatic heterocycles. The highest BCUT2D eigenvalue weighted by Crippen LogP contribution is 2.44. The van der Waals surface area contributed by atoms with Crippen molar-refractivity contribution in [2.75, 3.05) is 0 Å². The van der Waals surface area contributed by atoms with Crippen LogP contribution in [0.2, 0.25) is 0 Å². The van der Waals surface area contributed by atoms with Crippen LogP contribution in [0.25, 0.3) is 0 Å². The first-order valence-electron chi connectivity index (χ1n) is 8.33. The fourth-order valence-electron chi connectivity index (χ4n) is 3.05. The van der Waals surface area contributed by atoms with E-state index in [9.17, 15) is 4.79 Å². The van der Waals surface area contributed by atoms with Gasteiger partial charge in [-0.1, -0.05) is 30.3 Å². The second kappa shape index (κ2) is 6.50. The van der Waals surface area contributed by atoms with E-state index in [1.54, 1.807) is 0 Å². The van der Waals surface area contributed by atoms with Gasteiger partial charge in [0.1, 0.15) is 0 Å². The highest BCUT2D eigenvalue weighted by molar-refractivity contribution is 5.74. The molecule has 2 fully saturated rings. The van der Waals surface area contributed by atoms with E-state index in [2.05, 4.69) is 41.8 Å². The summed E-state index contributed by atoms with van der Waals surface area (Å²) < 4.78 is 0. The Morgan fingerprint density at radius 1 is 1.10 bits per heavy atom. The van der Waals surface area contributed by atoms with E-state index in [0.717, 1.165) is 24.7 Å². The fourth-order valence-corrected chi connectivity index (χ4v) is 3.05. The minimum Gasteiger partial charge on any atom is -0.336 e. The summed E-state index contributed by atoms with van der Waals surface area (Å²) in [5.41, 5.74) is 1.33. The topological polar surface area (TPSA) is 41.1 Å². The molecular weight excluding hydrogens is 260 g/mol. The number of urea groups is 1. The highest BCUT2D eigenvalue weighted by Gasteiger charge is 2.42. The smallest absolute Gasteiger partial charge is 0.315 e. The quantitative estimate of drug-likeness (QED) is 0.791. The van der Waals surface area contributed by atoms with Crippen LogP contribution in [0.5, 0.6) is 0 Å². The Bertz CT molecular complexity index is 453. The zero-order valence-corrected chi connectivity index (χ0v) is 12.8. The number of rotatable bonds is 7. The first-order valence-corrected chi connectivity index (χ1v) is 8.33. The monoisotopic (exact) mass is 286 g/mol. The molecule has 0 saturated heterocycles. The van der Waals surface area contributed by atoms with Crippen molar-refractivity contribution in [2.45, 2.75) is 57.5 Å². The number of carbonyl (C=O) groups is 1. The summed E-state index contributed by atoms with van der Waals surface area (Å²) in [6.07, 6.45) is 7.18. The Morgan fingerprint density at radius 2 is 1.71 bits per heavy atom. The van der Waals surface area contributed by atoms with Gasteiger partial charge in [-0.05, 0) is 62.8 Å². The van der Waals surface area contributed by atoms with E-state index in [0.29, 0.717) is 6.04 Å². The maximum Gasteiger partial charge on any atom is 0.315 e. The third-order valence-electron chi connectivity index (χ3n) is 4.64. The zero-order chi connectivity index (χ0) is 14.7. The van der Waals surface area contributed by atoms with Crippen LogP contribution in [0.1, 0.15) is 44.6 Å². The second-order valence-electron chi connectivity index (χ2n) is 6.74. The predicted octanol–water partition coefficient (Wildman–Crippen LogP) is 3.50. The van der Waals surface area contributed by atoms with Gasteiger partial charge in [0.25, 0.3) is 0 Å². The third kappa shape index (κ3) is 4.48. The van der Waals surface area contributed by atoms with Gasteiger partial charge in [0.15, 0.2) is 0 Å². The summed E-state index contributed by atoms with van der Waals surface area (Å²) in [6.45, 7) is 2.09. The van der Waals surface area contributed by atoms with E-state index >= 15 is 0 Å². The van der Waals surface area contributed by atoms with Gasteiger partial charge in [-0.3, -0.25) is 0 Å². The van der Waals surface area contributed by atoms with Crippen molar-refractivity contribution in [1.82, 2.24) is 10.6 Å². The van der Waals surface area contributed by atoms with E-state index in [1.807, 2.05) is 6.07 Å². The van der Waals surface area contributed by atoms with Crippen LogP contribution >= 0.6 is 0 Å². The molecule has 1 aromatic carbocycles. The molecule has 0 spiro atoms. The van der Waals surface area contributed by atoms with Crippen LogP contribution in [0.4, 0.5) is 4.79 Å². The summed E-state index contributed by atoms with van der Waals surface area (Å²) in [6, 6.07) is 11.1. The number of hydrogen-bond donors (Lipinski definition) is 2. The minimum absolute atomic E-state index is 0.0272. The molecule has 0 unspecified atom stereocenters. The molecule has 0 heterocycles. The molecule has 1 aromatic rings. The van der Waals surface area contributed by atoms with Crippen LogP contribution in [0.15, 0.2) is 30.3 Å². The molecule has 2 aliphatic rings. The molecule has 2 amide bonds. The Kier molecular flexibility index (Phi) is 4.47. The molecule has 1 atom stereocenters. The fraction of sp³-hybridized carbons (Fsp3) is 0.611. The molecule has 2 aliphatic carbocycles. The van der Waals surface area contributed by atoms with Crippen LogP contribution in [-0.2, 0) is 6.42 Å². The van der Waals surface area contributed by atoms with Crippen molar-refractivity contribution in [2.24, 2.45) is 11.8 Å². The number of amides is 2. The third-order valence-corrected chi connectivity index (χ3v) is 4.64. The maximum atomic E-state index is 12.1. The highest BCUT2D eigenvalue weighted by atomic mass is 16.2. The molecule has 0 aromatic heterocycles. The molecule has 114 valence electrons. The average molecular weight is 286 g/mol. The van der Waals surface area contributed by atoms with Crippen molar-refractivity contribution >= 4 is 6.03 Å². The number of nitrogens with one attached hydrogen (secondary N) is 2. The van der Waals surface area contributed by atoms with Gasteiger partial charge in [0.2, 0.25) is 0 Å². The summed E-state index contributed by atoms with van der Waals surface area (Å²) in [4.78, 5) is 12.1. The van der Waals surface area contributed by atoms with Crippen LogP contribution in [-0.4, -0.2) is 18.1 Å². The Hall–Kier alpha value is -1.51. The van der Waals surface area contributed by atoms with E-state index in [-0.39, 0.29) is 12.1 Å². The minimum atomic E-state index is 0.0272. The van der Waals surface area contributed by atoms with Gasteiger partial charge in [0.05, 0.1) is 0 Å². The van der Waals surface area contributed by atoms with E-state index in [1.165, 1.54) is 31.2 Å². The summed E-state index contributed by atoms with van der Waals surface area (Å²) >= 11 is 0. The van der Waals surface area contributed by atoms with E-state index in [4.69, 9.17) is 0 Å². The number of aryl methyl sites for hydroxylation is 1. The number of benzene rings is 1. The summed E-state index contributed by atoms with van der Waals surface area (Å²) in [7, 11) is 0. The number of carbonyl (C=O) groups excluding carboxylic acids is 1. The lowest BCUT2D eigenvalue weighted by atomic mass is 10.1. The van der Waals surface area contributed by atoms with Crippen LogP contribution < -0.4 is 10.6 Å². The van der Waals surface area contributed by atoms with Gasteiger partial charge >= 0.3 is 6.03 Å². The van der Waals surface area contributed by atoms with E-state index < -0.39 is 0 Å². The number of hydrogen-bond acceptors (Lipinski definition) is 1. The molecular formula is C18H26N2O. The van der Waals surface area contributed by atoms with Crippen molar-refractivity contribution < 1.29 is 4.79 Å². The Labute approximate surface area is 127 Å². The van der Waals surface area contributed by atoms with Gasteiger partial charge < -0.3 is 10.6 Å². The SMILES string of the molecule is C[C@@H](CCc1ccccc1)NC(=O)NC(C1CC1)C1CC1. The van der Waals surface area contributed by atoms with Gasteiger partial charge in [-0.25, -0.2) is 4.79 Å². The summed E-state index contributed by atoms with van der Waals surface area (Å²) in [5, 5.41) is 6.32. The standard InChI is InChI=1S/C18H26N2O/c1-13(7-8-14-5-3-2-4-6-14)19-18(21)20-17(15-9-10-15)16-11-12-16/h2-6,13,15-17H,7-12H2,1H3,(H2,19,20,21)/t13-/m0/s1. The Balaban J connectivity index is 1.39. The molecule has 3 rings (SSSR count). The molecule has 0 radical (unpaired) electrons. The average Bonchev–Trinajstić information content (AvgIpc) is 3.37. The lowest BCUT2D eigenvalue weighted by Crippen LogP contribution is -2.47. The molecule has 3 nitrogen and oxygen atoms in total. The second-order valence-corrected chi connectivity index (χ2v) is 6.74. The summed E-state index contributed by atoms with van der Waals surface area (Å²) in [5.74, 6) is 1.51. The molecule has 2 N–H and O–H groups in total. The van der Waals surface area contributed by atoms with Crippen molar-refractivity contribution in [3.63, 3.8) is 0 Å². The molecule has 21 heavy (non-hydrogen) atoms. The van der Waals surface area contributed by atoms with Crippen molar-refractivity contribution in [3.8, 4) is 0 Å². The normalized spacial score (nSPS) is 19.3. The Morgan fingerprint density at radius 3 is 2.29 bits per heavy atom. The zero-order valence-electron chi connectivity index (χ0n) is 12.8. The van der Waals surface area contributed by atoms with Crippen LogP contribution in [0.3, 0.4) is 0 Å². The first kappa shape index (κ1) is 14.4. The molecule has 3 heteroatoms. The van der Waals surface area contributed by atoms with Gasteiger partial charge in [-0.2, -0.15) is 0 Å². The largest absolute Gasteiger partial charge is 0.336 e. The lowest BCUT2D eigenvalue weighted by Gasteiger charge is -2.20. The van der Waals surface area contributed by atoms with Gasteiger partial charge in [0, 0.05) is 12.1 Å². The molecule has 2 saturated carbocycles. The van der Waals surface area contributed by atoms with Crippen LogP contribution in [0, 0.1) is 11.8 Å². The maximum absolute atomic E-state index is 12.1. The van der Waals surface area contributed by atoms with Gasteiger partial charge in [-0.15, -0.1) is 0 Å². The van der Waals surface area contributed by atoms with Crippen molar-refractivity contribution in [3.05, 3.63) is 35.9 Å².